The van der Waals surface area contributed by atoms with Gasteiger partial charge < -0.3 is 0 Å². The van der Waals surface area contributed by atoms with Gasteiger partial charge in [0.15, 0.2) is 15.9 Å². The Labute approximate surface area is 188 Å². The molecule has 1 aliphatic heterocycles. The summed E-state index contributed by atoms with van der Waals surface area (Å²) in [5.41, 5.74) is 1.02. The van der Waals surface area contributed by atoms with Gasteiger partial charge in [-0.1, -0.05) is 36.0 Å². The van der Waals surface area contributed by atoms with Gasteiger partial charge in [-0.05, 0) is 40.2 Å². The fourth-order valence-corrected chi connectivity index (χ4v) is 5.31. The zero-order valence-corrected chi connectivity index (χ0v) is 19.0. The van der Waals surface area contributed by atoms with Crippen LogP contribution in [0, 0.1) is 0 Å². The number of aromatic nitrogens is 4. The molecule has 0 fully saturated rings. The molecule has 0 radical (unpaired) electrons. The van der Waals surface area contributed by atoms with E-state index in [9.17, 15) is 14.4 Å². The summed E-state index contributed by atoms with van der Waals surface area (Å²) in [6.45, 7) is -0.106. The van der Waals surface area contributed by atoms with Crippen LogP contribution in [-0.2, 0) is 25.4 Å². The van der Waals surface area contributed by atoms with Gasteiger partial charge in [0.05, 0.1) is 11.4 Å². The molecule has 4 aromatic rings. The van der Waals surface area contributed by atoms with Crippen LogP contribution in [0.5, 0.6) is 0 Å². The van der Waals surface area contributed by atoms with E-state index in [0.29, 0.717) is 10.4 Å². The highest BCUT2D eigenvalue weighted by Gasteiger charge is 2.29. The Balaban J connectivity index is 1.66. The third-order valence-electron chi connectivity index (χ3n) is 5.27. The molecule has 0 aliphatic carbocycles. The largest absolute Gasteiger partial charge is 0.332 e. The normalized spacial score (nSPS) is 12.7. The molecule has 0 unspecified atom stereocenters. The second-order valence-electron chi connectivity index (χ2n) is 7.11. The molecule has 0 spiro atoms. The molecule has 5 rings (SSSR count). The fourth-order valence-electron chi connectivity index (χ4n) is 3.78. The number of amides is 1. The van der Waals surface area contributed by atoms with E-state index in [1.54, 1.807) is 28.3 Å². The molecule has 1 aliphatic rings. The molecule has 2 aromatic heterocycles. The van der Waals surface area contributed by atoms with E-state index in [2.05, 4.69) is 20.9 Å². The van der Waals surface area contributed by atoms with Crippen molar-refractivity contribution in [2.75, 3.05) is 4.90 Å². The Bertz CT molecular complexity index is 1460. The molecular formula is C21H16BrN5O3S. The van der Waals surface area contributed by atoms with Crippen molar-refractivity contribution in [1.82, 2.24) is 18.7 Å². The van der Waals surface area contributed by atoms with Gasteiger partial charge in [0.2, 0.25) is 0 Å². The maximum absolute atomic E-state index is 13.6. The van der Waals surface area contributed by atoms with Crippen molar-refractivity contribution in [2.45, 2.75) is 16.3 Å². The number of para-hydroxylation sites is 2. The second kappa shape index (κ2) is 7.24. The predicted molar refractivity (Wildman–Crippen MR) is 122 cm³/mol. The summed E-state index contributed by atoms with van der Waals surface area (Å²) in [6.07, 6.45) is 0. The van der Waals surface area contributed by atoms with Gasteiger partial charge in [0, 0.05) is 23.9 Å². The van der Waals surface area contributed by atoms with Crippen LogP contribution in [0.2, 0.25) is 0 Å². The van der Waals surface area contributed by atoms with E-state index in [4.69, 9.17) is 0 Å². The summed E-state index contributed by atoms with van der Waals surface area (Å²) < 4.78 is 4.19. The van der Waals surface area contributed by atoms with Crippen LogP contribution >= 0.6 is 27.7 Å². The van der Waals surface area contributed by atoms with E-state index in [1.807, 2.05) is 48.5 Å². The number of anilines is 2. The smallest absolute Gasteiger partial charge is 0.295 e. The minimum absolute atomic E-state index is 0.106. The van der Waals surface area contributed by atoms with Crippen LogP contribution in [0.4, 0.5) is 11.4 Å². The number of hydrogen-bond acceptors (Lipinski definition) is 5. The molecular weight excluding hydrogens is 482 g/mol. The zero-order valence-electron chi connectivity index (χ0n) is 16.6. The monoisotopic (exact) mass is 497 g/mol. The molecule has 0 saturated carbocycles. The average Bonchev–Trinajstić information content (AvgIpc) is 3.10. The molecule has 156 valence electrons. The maximum Gasteiger partial charge on any atom is 0.332 e. The highest BCUT2D eigenvalue weighted by molar-refractivity contribution is 9.10. The fraction of sp³-hybridized carbons (Fsp3) is 0.143. The molecule has 1 amide bonds. The summed E-state index contributed by atoms with van der Waals surface area (Å²) in [6, 6.07) is 15.4. The van der Waals surface area contributed by atoms with Gasteiger partial charge in [-0.3, -0.25) is 28.2 Å². The van der Waals surface area contributed by atoms with E-state index >= 15 is 0 Å². The Kier molecular flexibility index (Phi) is 4.63. The number of nitrogens with zero attached hydrogens (tertiary/aromatic N) is 5. The number of hydrogen-bond donors (Lipinski definition) is 0. The van der Waals surface area contributed by atoms with E-state index in [1.165, 1.54) is 11.6 Å². The minimum Gasteiger partial charge on any atom is -0.295 e. The highest BCUT2D eigenvalue weighted by Crippen LogP contribution is 2.48. The number of carbonyl (C=O) groups is 1. The molecule has 3 heterocycles. The number of aryl methyl sites for hydroxylation is 1. The number of benzene rings is 2. The standard InChI is InChI=1S/C21H16BrN5O3S/c1-24-18-17(19(29)25(2)21(24)30)23-20(22)26(18)11-16(28)27-12-7-3-5-9-14(12)31-15-10-6-4-8-13(15)27/h3-10H,11H2,1-2H3. The second-order valence-corrected chi connectivity index (χ2v) is 8.90. The Hall–Kier alpha value is -3.11. The molecule has 0 atom stereocenters. The predicted octanol–water partition coefficient (Wildman–Crippen LogP) is 3.03. The van der Waals surface area contributed by atoms with Crippen LogP contribution in [0.15, 0.2) is 72.6 Å². The maximum atomic E-state index is 13.6. The first-order valence-corrected chi connectivity index (χ1v) is 11.0. The summed E-state index contributed by atoms with van der Waals surface area (Å²) in [4.78, 5) is 46.5. The van der Waals surface area contributed by atoms with Crippen LogP contribution in [0.25, 0.3) is 11.2 Å². The summed E-state index contributed by atoms with van der Waals surface area (Å²) in [5, 5.41) is 0. The zero-order chi connectivity index (χ0) is 21.9. The molecule has 2 aromatic carbocycles. The summed E-state index contributed by atoms with van der Waals surface area (Å²) in [7, 11) is 2.96. The third-order valence-corrected chi connectivity index (χ3v) is 7.00. The van der Waals surface area contributed by atoms with Crippen molar-refractivity contribution in [3.8, 4) is 0 Å². The van der Waals surface area contributed by atoms with E-state index < -0.39 is 11.2 Å². The van der Waals surface area contributed by atoms with Crippen molar-refractivity contribution >= 4 is 56.1 Å². The van der Waals surface area contributed by atoms with Gasteiger partial charge in [-0.25, -0.2) is 9.78 Å². The third kappa shape index (κ3) is 2.97. The summed E-state index contributed by atoms with van der Waals surface area (Å²) in [5.74, 6) is -0.215. The van der Waals surface area contributed by atoms with Crippen molar-refractivity contribution in [3.63, 3.8) is 0 Å². The highest BCUT2D eigenvalue weighted by atomic mass is 79.9. The SMILES string of the molecule is Cn1c(=O)c2nc(Br)n(CC(=O)N3c4ccccc4Sc4ccccc43)c2n(C)c1=O. The Morgan fingerprint density at radius 1 is 0.968 bits per heavy atom. The number of carbonyl (C=O) groups excluding carboxylic acids is 1. The first-order chi connectivity index (χ1) is 14.9. The Morgan fingerprint density at radius 2 is 1.55 bits per heavy atom. The first-order valence-electron chi connectivity index (χ1n) is 9.39. The molecule has 10 heteroatoms. The van der Waals surface area contributed by atoms with E-state index in [0.717, 1.165) is 25.7 Å². The van der Waals surface area contributed by atoms with Crippen LogP contribution in [0.1, 0.15) is 0 Å². The lowest BCUT2D eigenvalue weighted by molar-refractivity contribution is -0.118. The lowest BCUT2D eigenvalue weighted by atomic mass is 10.2. The minimum atomic E-state index is -0.505. The Morgan fingerprint density at radius 3 is 2.16 bits per heavy atom. The van der Waals surface area contributed by atoms with Crippen LogP contribution < -0.4 is 16.1 Å². The molecule has 0 bridgehead atoms. The number of halogens is 1. The quantitative estimate of drug-likeness (QED) is 0.397. The first kappa shape index (κ1) is 19.8. The average molecular weight is 498 g/mol. The van der Waals surface area contributed by atoms with Crippen molar-refractivity contribution < 1.29 is 4.79 Å². The number of fused-ring (bicyclic) bond motifs is 3. The van der Waals surface area contributed by atoms with Crippen molar-refractivity contribution in [2.24, 2.45) is 14.1 Å². The van der Waals surface area contributed by atoms with Gasteiger partial charge in [-0.15, -0.1) is 0 Å². The number of rotatable bonds is 2. The molecule has 0 saturated heterocycles. The van der Waals surface area contributed by atoms with Crippen LogP contribution in [0.3, 0.4) is 0 Å². The van der Waals surface area contributed by atoms with Crippen molar-refractivity contribution in [3.05, 3.63) is 74.1 Å². The topological polar surface area (TPSA) is 82.1 Å². The number of imidazole rings is 1. The van der Waals surface area contributed by atoms with Gasteiger partial charge >= 0.3 is 5.69 Å². The molecule has 0 N–H and O–H groups in total. The molecule has 8 nitrogen and oxygen atoms in total. The van der Waals surface area contributed by atoms with Crippen LogP contribution in [-0.4, -0.2) is 24.6 Å². The van der Waals surface area contributed by atoms with Crippen molar-refractivity contribution in [1.29, 1.82) is 0 Å². The van der Waals surface area contributed by atoms with Gasteiger partial charge in [-0.2, -0.15) is 0 Å². The van der Waals surface area contributed by atoms with Gasteiger partial charge in [0.25, 0.3) is 11.5 Å². The lowest BCUT2D eigenvalue weighted by Crippen LogP contribution is -2.38. The van der Waals surface area contributed by atoms with E-state index in [-0.39, 0.29) is 18.0 Å². The summed E-state index contributed by atoms with van der Waals surface area (Å²) >= 11 is 4.97. The lowest BCUT2D eigenvalue weighted by Gasteiger charge is -2.31. The molecule has 31 heavy (non-hydrogen) atoms. The van der Waals surface area contributed by atoms with Gasteiger partial charge in [0.1, 0.15) is 6.54 Å².